The molecule has 2 aromatic carbocycles. The largest absolute Gasteiger partial charge is 0.296 e. The lowest BCUT2D eigenvalue weighted by atomic mass is 10.2. The van der Waals surface area contributed by atoms with E-state index in [9.17, 15) is 9.59 Å². The minimum Gasteiger partial charge on any atom is -0.283 e. The second kappa shape index (κ2) is 7.26. The zero-order chi connectivity index (χ0) is 19.8. The van der Waals surface area contributed by atoms with Crippen LogP contribution >= 0.6 is 24.0 Å². The van der Waals surface area contributed by atoms with Crippen LogP contribution in [-0.4, -0.2) is 19.6 Å². The monoisotopic (exact) mass is 407 g/mol. The molecule has 1 aliphatic rings. The molecular weight excluding hydrogens is 390 g/mol. The van der Waals surface area contributed by atoms with Crippen molar-refractivity contribution >= 4 is 46.0 Å². The molecule has 0 spiro atoms. The van der Waals surface area contributed by atoms with Crippen LogP contribution in [-0.2, 0) is 11.8 Å². The topological polar surface area (TPSA) is 47.2 Å². The minimum atomic E-state index is -0.275. The molecule has 140 valence electrons. The zero-order valence-corrected chi connectivity index (χ0v) is 17.0. The number of carbonyl (C=O) groups is 1. The van der Waals surface area contributed by atoms with Gasteiger partial charge in [-0.3, -0.25) is 19.2 Å². The number of para-hydroxylation sites is 1. The van der Waals surface area contributed by atoms with Gasteiger partial charge in [0, 0.05) is 7.05 Å². The molecule has 1 saturated heterocycles. The first-order chi connectivity index (χ1) is 13.5. The Balaban J connectivity index is 1.80. The van der Waals surface area contributed by atoms with Gasteiger partial charge in [-0.25, -0.2) is 4.68 Å². The van der Waals surface area contributed by atoms with E-state index in [2.05, 4.69) is 0 Å². The van der Waals surface area contributed by atoms with Gasteiger partial charge in [-0.05, 0) is 30.7 Å². The van der Waals surface area contributed by atoms with Crippen molar-refractivity contribution in [3.63, 3.8) is 0 Å². The van der Waals surface area contributed by atoms with E-state index in [1.165, 1.54) is 16.7 Å². The molecule has 1 aliphatic heterocycles. The maximum absolute atomic E-state index is 13.2. The van der Waals surface area contributed by atoms with Crippen LogP contribution in [0.1, 0.15) is 11.3 Å². The first kappa shape index (κ1) is 18.5. The van der Waals surface area contributed by atoms with E-state index < -0.39 is 0 Å². The SMILES string of the molecule is Cc1c(N2C(=O)C(=Cc3ccccc3)SC2=S)c(=O)n(-c2ccccc2)n1C. The van der Waals surface area contributed by atoms with E-state index in [-0.39, 0.29) is 11.5 Å². The van der Waals surface area contributed by atoms with Crippen molar-refractivity contribution in [1.82, 2.24) is 9.36 Å². The molecule has 28 heavy (non-hydrogen) atoms. The average Bonchev–Trinajstić information content (AvgIpc) is 3.09. The first-order valence-electron chi connectivity index (χ1n) is 8.66. The molecule has 1 aromatic heterocycles. The smallest absolute Gasteiger partial charge is 0.283 e. The molecule has 0 N–H and O–H groups in total. The van der Waals surface area contributed by atoms with Crippen LogP contribution in [0.25, 0.3) is 11.8 Å². The highest BCUT2D eigenvalue weighted by atomic mass is 32.2. The molecule has 7 heteroatoms. The summed E-state index contributed by atoms with van der Waals surface area (Å²) in [6.45, 7) is 1.82. The number of nitrogens with zero attached hydrogens (tertiary/aromatic N) is 3. The second-order valence-electron chi connectivity index (χ2n) is 6.34. The molecule has 3 aromatic rings. The Labute approximate surface area is 171 Å². The van der Waals surface area contributed by atoms with Gasteiger partial charge in [0.2, 0.25) is 0 Å². The highest BCUT2D eigenvalue weighted by Crippen LogP contribution is 2.36. The van der Waals surface area contributed by atoms with E-state index in [0.717, 1.165) is 11.3 Å². The first-order valence-corrected chi connectivity index (χ1v) is 9.88. The molecule has 0 saturated carbocycles. The fraction of sp³-hybridized carbons (Fsp3) is 0.0952. The van der Waals surface area contributed by atoms with Crippen molar-refractivity contribution in [2.24, 2.45) is 7.05 Å². The van der Waals surface area contributed by atoms with Crippen LogP contribution in [0.4, 0.5) is 5.69 Å². The van der Waals surface area contributed by atoms with Gasteiger partial charge in [-0.2, -0.15) is 0 Å². The lowest BCUT2D eigenvalue weighted by Gasteiger charge is -2.12. The van der Waals surface area contributed by atoms with Crippen molar-refractivity contribution in [3.8, 4) is 5.69 Å². The Morgan fingerprint density at radius 2 is 1.57 bits per heavy atom. The minimum absolute atomic E-state index is 0.273. The summed E-state index contributed by atoms with van der Waals surface area (Å²) >= 11 is 6.66. The number of amides is 1. The summed E-state index contributed by atoms with van der Waals surface area (Å²) in [6.07, 6.45) is 1.80. The van der Waals surface area contributed by atoms with Crippen molar-refractivity contribution in [2.45, 2.75) is 6.92 Å². The summed E-state index contributed by atoms with van der Waals surface area (Å²) in [5.41, 5.74) is 2.34. The summed E-state index contributed by atoms with van der Waals surface area (Å²) in [4.78, 5) is 28.1. The van der Waals surface area contributed by atoms with Crippen LogP contribution in [0, 0.1) is 6.92 Å². The number of carbonyl (C=O) groups excluding carboxylic acids is 1. The number of hydrogen-bond acceptors (Lipinski definition) is 4. The highest BCUT2D eigenvalue weighted by Gasteiger charge is 2.37. The summed E-state index contributed by atoms with van der Waals surface area (Å²) < 4.78 is 3.65. The highest BCUT2D eigenvalue weighted by molar-refractivity contribution is 8.27. The molecular formula is C21H17N3O2S2. The van der Waals surface area contributed by atoms with E-state index in [4.69, 9.17) is 12.2 Å². The summed E-state index contributed by atoms with van der Waals surface area (Å²) in [6, 6.07) is 18.9. The predicted octanol–water partition coefficient (Wildman–Crippen LogP) is 3.89. The van der Waals surface area contributed by atoms with Crippen molar-refractivity contribution in [2.75, 3.05) is 4.90 Å². The third-order valence-corrected chi connectivity index (χ3v) is 5.94. The van der Waals surface area contributed by atoms with Gasteiger partial charge in [0.25, 0.3) is 11.5 Å². The van der Waals surface area contributed by atoms with Gasteiger partial charge < -0.3 is 0 Å². The third-order valence-electron chi connectivity index (χ3n) is 4.64. The number of rotatable bonds is 3. The summed E-state index contributed by atoms with van der Waals surface area (Å²) in [5, 5.41) is 0. The molecule has 1 fully saturated rings. The number of hydrogen-bond donors (Lipinski definition) is 0. The molecule has 4 rings (SSSR count). The molecule has 0 unspecified atom stereocenters. The third kappa shape index (κ3) is 3.02. The normalized spacial score (nSPS) is 15.6. The number of anilines is 1. The van der Waals surface area contributed by atoms with Crippen LogP contribution in [0.5, 0.6) is 0 Å². The average molecular weight is 408 g/mol. The maximum atomic E-state index is 13.2. The van der Waals surface area contributed by atoms with Crippen LogP contribution < -0.4 is 10.5 Å². The van der Waals surface area contributed by atoms with E-state index in [1.54, 1.807) is 22.5 Å². The molecule has 1 amide bonds. The van der Waals surface area contributed by atoms with Gasteiger partial charge in [-0.1, -0.05) is 72.5 Å². The number of aromatic nitrogens is 2. The molecule has 0 radical (unpaired) electrons. The molecule has 2 heterocycles. The van der Waals surface area contributed by atoms with Gasteiger partial charge in [0.15, 0.2) is 4.32 Å². The molecule has 0 bridgehead atoms. The number of thiocarbonyl (C=S) groups is 1. The fourth-order valence-electron chi connectivity index (χ4n) is 3.17. The van der Waals surface area contributed by atoms with Gasteiger partial charge in [-0.15, -0.1) is 0 Å². The Kier molecular flexibility index (Phi) is 4.78. The van der Waals surface area contributed by atoms with Crippen LogP contribution in [0.2, 0.25) is 0 Å². The Hall–Kier alpha value is -2.90. The van der Waals surface area contributed by atoms with Crippen molar-refractivity contribution < 1.29 is 4.79 Å². The van der Waals surface area contributed by atoms with E-state index in [1.807, 2.05) is 67.6 Å². The molecule has 5 nitrogen and oxygen atoms in total. The van der Waals surface area contributed by atoms with Crippen LogP contribution in [0.3, 0.4) is 0 Å². The number of thioether (sulfide) groups is 1. The lowest BCUT2D eigenvalue weighted by molar-refractivity contribution is -0.113. The van der Waals surface area contributed by atoms with Gasteiger partial charge in [0.05, 0.1) is 16.3 Å². The number of benzene rings is 2. The Bertz CT molecular complexity index is 1160. The zero-order valence-electron chi connectivity index (χ0n) is 15.3. The Morgan fingerprint density at radius 1 is 0.964 bits per heavy atom. The standard InChI is InChI=1S/C21H17N3O2S2/c1-14-18(20(26)24(22(14)2)16-11-7-4-8-12-16)23-19(25)17(28-21(23)27)13-15-9-5-3-6-10-15/h3-13H,1-2H3. The van der Waals surface area contributed by atoms with E-state index in [0.29, 0.717) is 20.6 Å². The molecule has 0 aliphatic carbocycles. The Morgan fingerprint density at radius 3 is 2.21 bits per heavy atom. The van der Waals surface area contributed by atoms with Gasteiger partial charge in [0.1, 0.15) is 5.69 Å². The molecule has 0 atom stereocenters. The van der Waals surface area contributed by atoms with Crippen LogP contribution in [0.15, 0.2) is 70.4 Å². The summed E-state index contributed by atoms with van der Waals surface area (Å²) in [5.74, 6) is -0.273. The quantitative estimate of drug-likeness (QED) is 0.488. The predicted molar refractivity (Wildman–Crippen MR) is 118 cm³/mol. The lowest BCUT2D eigenvalue weighted by Crippen LogP contribution is -2.33. The maximum Gasteiger partial charge on any atom is 0.296 e. The van der Waals surface area contributed by atoms with Crippen molar-refractivity contribution in [3.05, 3.63) is 87.2 Å². The van der Waals surface area contributed by atoms with Crippen molar-refractivity contribution in [1.29, 1.82) is 0 Å². The second-order valence-corrected chi connectivity index (χ2v) is 8.01. The summed E-state index contributed by atoms with van der Waals surface area (Å²) in [7, 11) is 1.80. The fourth-order valence-corrected chi connectivity index (χ4v) is 4.44. The van der Waals surface area contributed by atoms with E-state index >= 15 is 0 Å². The van der Waals surface area contributed by atoms with Gasteiger partial charge >= 0.3 is 0 Å².